The Morgan fingerprint density at radius 3 is 2.52 bits per heavy atom. The van der Waals surface area contributed by atoms with Crippen molar-refractivity contribution >= 4 is 17.5 Å². The van der Waals surface area contributed by atoms with Gasteiger partial charge in [0.15, 0.2) is 6.61 Å². The number of primary amides is 1. The number of hydrogen-bond acceptors (Lipinski definition) is 3. The fourth-order valence-corrected chi connectivity index (χ4v) is 1.62. The summed E-state index contributed by atoms with van der Waals surface area (Å²) in [7, 11) is 0. The number of nitrogens with one attached hydrogen (secondary N) is 1. The average Bonchev–Trinajstić information content (AvgIpc) is 2.48. The highest BCUT2D eigenvalue weighted by Gasteiger charge is 2.08. The molecule has 2 rings (SSSR count). The SMILES string of the molecule is NC(=O)COc1cccc(C(=O)Nc2ccc(F)cc2)c1. The second-order valence-electron chi connectivity index (χ2n) is 4.24. The molecule has 108 valence electrons. The molecule has 2 aromatic rings. The first-order chi connectivity index (χ1) is 10.0. The number of carbonyl (C=O) groups excluding carboxylic acids is 2. The Hall–Kier alpha value is -2.89. The van der Waals surface area contributed by atoms with E-state index in [2.05, 4.69) is 5.32 Å². The Labute approximate surface area is 120 Å². The van der Waals surface area contributed by atoms with E-state index in [-0.39, 0.29) is 18.3 Å². The number of hydrogen-bond donors (Lipinski definition) is 2. The molecule has 2 amide bonds. The molecule has 2 aromatic carbocycles. The number of rotatable bonds is 5. The molecule has 0 atom stereocenters. The van der Waals surface area contributed by atoms with Gasteiger partial charge in [-0.15, -0.1) is 0 Å². The number of anilines is 1. The minimum Gasteiger partial charge on any atom is -0.484 e. The van der Waals surface area contributed by atoms with E-state index >= 15 is 0 Å². The van der Waals surface area contributed by atoms with Gasteiger partial charge in [0.05, 0.1) is 0 Å². The minimum absolute atomic E-state index is 0.261. The van der Waals surface area contributed by atoms with Crippen LogP contribution in [0.4, 0.5) is 10.1 Å². The molecule has 0 spiro atoms. The highest BCUT2D eigenvalue weighted by molar-refractivity contribution is 6.04. The Kier molecular flexibility index (Phi) is 4.50. The zero-order valence-electron chi connectivity index (χ0n) is 11.0. The van der Waals surface area contributed by atoms with Crippen molar-refractivity contribution in [2.75, 3.05) is 11.9 Å². The van der Waals surface area contributed by atoms with Crippen LogP contribution in [0.25, 0.3) is 0 Å². The van der Waals surface area contributed by atoms with Crippen LogP contribution >= 0.6 is 0 Å². The van der Waals surface area contributed by atoms with Crippen LogP contribution in [0, 0.1) is 5.82 Å². The zero-order chi connectivity index (χ0) is 15.2. The van der Waals surface area contributed by atoms with Gasteiger partial charge >= 0.3 is 0 Å². The number of halogens is 1. The Morgan fingerprint density at radius 2 is 1.86 bits per heavy atom. The van der Waals surface area contributed by atoms with E-state index in [9.17, 15) is 14.0 Å². The molecular weight excluding hydrogens is 275 g/mol. The van der Waals surface area contributed by atoms with Crippen molar-refractivity contribution in [3.05, 3.63) is 59.9 Å². The van der Waals surface area contributed by atoms with Gasteiger partial charge in [-0.05, 0) is 42.5 Å². The Bertz CT molecular complexity index is 656. The molecular formula is C15H13FN2O3. The van der Waals surface area contributed by atoms with Gasteiger partial charge in [-0.25, -0.2) is 4.39 Å². The molecule has 0 fully saturated rings. The molecule has 0 unspecified atom stereocenters. The first-order valence-corrected chi connectivity index (χ1v) is 6.12. The molecule has 0 aromatic heterocycles. The highest BCUT2D eigenvalue weighted by Crippen LogP contribution is 2.15. The number of nitrogens with two attached hydrogens (primary N) is 1. The van der Waals surface area contributed by atoms with E-state index in [0.29, 0.717) is 17.0 Å². The van der Waals surface area contributed by atoms with Crippen molar-refractivity contribution in [2.24, 2.45) is 5.73 Å². The summed E-state index contributed by atoms with van der Waals surface area (Å²) in [6, 6.07) is 11.7. The fourth-order valence-electron chi connectivity index (χ4n) is 1.62. The largest absolute Gasteiger partial charge is 0.484 e. The quantitative estimate of drug-likeness (QED) is 0.882. The van der Waals surface area contributed by atoms with Gasteiger partial charge in [0, 0.05) is 11.3 Å². The van der Waals surface area contributed by atoms with Crippen molar-refractivity contribution < 1.29 is 18.7 Å². The lowest BCUT2D eigenvalue weighted by Crippen LogP contribution is -2.20. The van der Waals surface area contributed by atoms with Crippen molar-refractivity contribution in [3.8, 4) is 5.75 Å². The molecule has 0 radical (unpaired) electrons. The van der Waals surface area contributed by atoms with Gasteiger partial charge in [-0.1, -0.05) is 6.07 Å². The fraction of sp³-hybridized carbons (Fsp3) is 0.0667. The molecule has 6 heteroatoms. The summed E-state index contributed by atoms with van der Waals surface area (Å²) in [6.07, 6.45) is 0. The normalized spacial score (nSPS) is 9.95. The summed E-state index contributed by atoms with van der Waals surface area (Å²) >= 11 is 0. The second-order valence-corrected chi connectivity index (χ2v) is 4.24. The first-order valence-electron chi connectivity index (χ1n) is 6.12. The van der Waals surface area contributed by atoms with Crippen LogP contribution in [0.1, 0.15) is 10.4 Å². The van der Waals surface area contributed by atoms with Crippen LogP contribution in [-0.2, 0) is 4.79 Å². The van der Waals surface area contributed by atoms with Crippen molar-refractivity contribution in [1.29, 1.82) is 0 Å². The smallest absolute Gasteiger partial charge is 0.255 e. The van der Waals surface area contributed by atoms with Gasteiger partial charge in [0.1, 0.15) is 11.6 Å². The number of amides is 2. The van der Waals surface area contributed by atoms with Gasteiger partial charge in [0.2, 0.25) is 0 Å². The van der Waals surface area contributed by atoms with E-state index in [0.717, 1.165) is 0 Å². The summed E-state index contributed by atoms with van der Waals surface area (Å²) in [5, 5.41) is 2.62. The molecule has 3 N–H and O–H groups in total. The lowest BCUT2D eigenvalue weighted by molar-refractivity contribution is -0.119. The van der Waals surface area contributed by atoms with Crippen LogP contribution in [0.3, 0.4) is 0 Å². The van der Waals surface area contributed by atoms with Gasteiger partial charge in [-0.2, -0.15) is 0 Å². The molecule has 0 aliphatic heterocycles. The van der Waals surface area contributed by atoms with Crippen LogP contribution in [0.15, 0.2) is 48.5 Å². The second kappa shape index (κ2) is 6.51. The third kappa shape index (κ3) is 4.31. The van der Waals surface area contributed by atoms with E-state index in [1.54, 1.807) is 18.2 Å². The number of ether oxygens (including phenoxy) is 1. The van der Waals surface area contributed by atoms with Crippen molar-refractivity contribution in [2.45, 2.75) is 0 Å². The van der Waals surface area contributed by atoms with E-state index in [4.69, 9.17) is 10.5 Å². The molecule has 21 heavy (non-hydrogen) atoms. The molecule has 0 bridgehead atoms. The topological polar surface area (TPSA) is 81.4 Å². The van der Waals surface area contributed by atoms with Gasteiger partial charge in [-0.3, -0.25) is 9.59 Å². The Balaban J connectivity index is 2.06. The molecule has 0 saturated carbocycles. The van der Waals surface area contributed by atoms with E-state index < -0.39 is 5.91 Å². The molecule has 0 heterocycles. The molecule has 0 aliphatic carbocycles. The maximum Gasteiger partial charge on any atom is 0.255 e. The molecule has 0 aliphatic rings. The van der Waals surface area contributed by atoms with E-state index in [1.807, 2.05) is 0 Å². The third-order valence-corrected chi connectivity index (χ3v) is 2.58. The summed E-state index contributed by atoms with van der Waals surface area (Å²) in [6.45, 7) is -0.261. The summed E-state index contributed by atoms with van der Waals surface area (Å²) in [5.74, 6) is -0.988. The third-order valence-electron chi connectivity index (χ3n) is 2.58. The number of carbonyl (C=O) groups is 2. The van der Waals surface area contributed by atoms with Gasteiger partial charge in [0.25, 0.3) is 11.8 Å². The van der Waals surface area contributed by atoms with Gasteiger partial charge < -0.3 is 15.8 Å². The van der Waals surface area contributed by atoms with Crippen molar-refractivity contribution in [1.82, 2.24) is 0 Å². The van der Waals surface area contributed by atoms with Crippen LogP contribution in [-0.4, -0.2) is 18.4 Å². The molecule has 0 saturated heterocycles. The summed E-state index contributed by atoms with van der Waals surface area (Å²) < 4.78 is 17.9. The van der Waals surface area contributed by atoms with Crippen molar-refractivity contribution in [3.63, 3.8) is 0 Å². The lowest BCUT2D eigenvalue weighted by atomic mass is 10.2. The molecule has 5 nitrogen and oxygen atoms in total. The Morgan fingerprint density at radius 1 is 1.14 bits per heavy atom. The average molecular weight is 288 g/mol. The maximum atomic E-state index is 12.8. The van der Waals surface area contributed by atoms with Crippen LogP contribution < -0.4 is 15.8 Å². The van der Waals surface area contributed by atoms with Crippen LogP contribution in [0.2, 0.25) is 0 Å². The lowest BCUT2D eigenvalue weighted by Gasteiger charge is -2.07. The zero-order valence-corrected chi connectivity index (χ0v) is 11.0. The van der Waals surface area contributed by atoms with E-state index in [1.165, 1.54) is 30.3 Å². The summed E-state index contributed by atoms with van der Waals surface area (Å²) in [4.78, 5) is 22.7. The highest BCUT2D eigenvalue weighted by atomic mass is 19.1. The predicted octanol–water partition coefficient (Wildman–Crippen LogP) is 1.94. The summed E-state index contributed by atoms with van der Waals surface area (Å²) in [5.41, 5.74) is 5.80. The predicted molar refractivity (Wildman–Crippen MR) is 75.5 cm³/mol. The minimum atomic E-state index is -0.601. The maximum absolute atomic E-state index is 12.8. The number of benzene rings is 2. The first kappa shape index (κ1) is 14.5. The standard InChI is InChI=1S/C15H13FN2O3/c16-11-4-6-12(7-5-11)18-15(20)10-2-1-3-13(8-10)21-9-14(17)19/h1-8H,9H2,(H2,17,19)(H,18,20). The monoisotopic (exact) mass is 288 g/mol. The van der Waals surface area contributed by atoms with Crippen LogP contribution in [0.5, 0.6) is 5.75 Å².